The minimum Gasteiger partial charge on any atom is -0.462 e. The summed E-state index contributed by atoms with van der Waals surface area (Å²) in [5.74, 6) is -0.820. The van der Waals surface area contributed by atoms with Gasteiger partial charge in [-0.1, -0.05) is 18.2 Å². The lowest BCUT2D eigenvalue weighted by molar-refractivity contribution is -0.112. The molecule has 0 atom stereocenters. The Labute approximate surface area is 181 Å². The number of hydrogen-bond acceptors (Lipinski definition) is 4. The molecule has 6 nitrogen and oxygen atoms in total. The quantitative estimate of drug-likeness (QED) is 0.357. The molecule has 1 amide bonds. The van der Waals surface area contributed by atoms with Crippen molar-refractivity contribution in [3.8, 4) is 11.8 Å². The van der Waals surface area contributed by atoms with Gasteiger partial charge in [0, 0.05) is 22.8 Å². The molecule has 0 aliphatic carbocycles. The summed E-state index contributed by atoms with van der Waals surface area (Å²) in [4.78, 5) is 24.4. The summed E-state index contributed by atoms with van der Waals surface area (Å²) in [5.41, 5.74) is 4.58. The highest BCUT2D eigenvalue weighted by atomic mass is 16.5. The maximum Gasteiger partial charge on any atom is 0.338 e. The number of carbonyl (C=O) groups is 2. The van der Waals surface area contributed by atoms with Gasteiger partial charge in [-0.15, -0.1) is 0 Å². The van der Waals surface area contributed by atoms with Gasteiger partial charge in [-0.2, -0.15) is 5.26 Å². The van der Waals surface area contributed by atoms with Crippen LogP contribution in [0.1, 0.15) is 34.2 Å². The Morgan fingerprint density at radius 3 is 2.39 bits per heavy atom. The topological polar surface area (TPSA) is 84.1 Å². The number of benzene rings is 2. The summed E-state index contributed by atoms with van der Waals surface area (Å²) in [6, 6.07) is 20.0. The minimum absolute atomic E-state index is 0.0155. The second-order valence-electron chi connectivity index (χ2n) is 6.92. The summed E-state index contributed by atoms with van der Waals surface area (Å²) in [5, 5.41) is 12.2. The smallest absolute Gasteiger partial charge is 0.338 e. The van der Waals surface area contributed by atoms with Gasteiger partial charge in [0.25, 0.3) is 5.91 Å². The Kier molecular flexibility index (Phi) is 6.68. The zero-order valence-electron chi connectivity index (χ0n) is 17.7. The average molecular weight is 413 g/mol. The number of amides is 1. The van der Waals surface area contributed by atoms with Crippen LogP contribution in [-0.4, -0.2) is 23.1 Å². The monoisotopic (exact) mass is 413 g/mol. The molecule has 31 heavy (non-hydrogen) atoms. The predicted molar refractivity (Wildman–Crippen MR) is 120 cm³/mol. The maximum absolute atomic E-state index is 12.5. The Bertz CT molecular complexity index is 1170. The third-order valence-electron chi connectivity index (χ3n) is 4.80. The zero-order chi connectivity index (χ0) is 22.4. The van der Waals surface area contributed by atoms with Gasteiger partial charge in [-0.05, 0) is 74.9 Å². The van der Waals surface area contributed by atoms with Gasteiger partial charge in [0.05, 0.1) is 12.2 Å². The molecule has 0 saturated carbocycles. The van der Waals surface area contributed by atoms with Crippen molar-refractivity contribution in [1.82, 2.24) is 4.57 Å². The van der Waals surface area contributed by atoms with Crippen molar-refractivity contribution in [2.75, 3.05) is 11.9 Å². The second kappa shape index (κ2) is 9.59. The first kappa shape index (κ1) is 21.6. The number of ether oxygens (including phenoxy) is 1. The van der Waals surface area contributed by atoms with Crippen LogP contribution in [0.5, 0.6) is 0 Å². The van der Waals surface area contributed by atoms with Gasteiger partial charge in [-0.25, -0.2) is 4.79 Å². The number of nitrogens with zero attached hydrogens (tertiary/aromatic N) is 2. The van der Waals surface area contributed by atoms with Crippen molar-refractivity contribution in [1.29, 1.82) is 5.26 Å². The lowest BCUT2D eigenvalue weighted by Gasteiger charge is -2.10. The number of para-hydroxylation sites is 1. The van der Waals surface area contributed by atoms with Crippen LogP contribution in [-0.2, 0) is 9.53 Å². The van der Waals surface area contributed by atoms with Gasteiger partial charge in [0.1, 0.15) is 11.6 Å². The number of aryl methyl sites for hydroxylation is 1. The zero-order valence-corrected chi connectivity index (χ0v) is 17.7. The van der Waals surface area contributed by atoms with Gasteiger partial charge in [0.2, 0.25) is 0 Å². The van der Waals surface area contributed by atoms with E-state index in [4.69, 9.17) is 4.74 Å². The molecule has 1 heterocycles. The fourth-order valence-corrected chi connectivity index (χ4v) is 3.32. The molecule has 0 unspecified atom stereocenters. The van der Waals surface area contributed by atoms with E-state index >= 15 is 0 Å². The van der Waals surface area contributed by atoms with E-state index < -0.39 is 5.91 Å². The van der Waals surface area contributed by atoms with Gasteiger partial charge in [-0.3, -0.25) is 4.79 Å². The second-order valence-corrected chi connectivity index (χ2v) is 6.92. The van der Waals surface area contributed by atoms with Crippen molar-refractivity contribution < 1.29 is 14.3 Å². The molecular formula is C25H23N3O3. The molecule has 3 aromatic rings. The summed E-state index contributed by atoms with van der Waals surface area (Å²) in [7, 11) is 0. The fourth-order valence-electron chi connectivity index (χ4n) is 3.32. The fraction of sp³-hybridized carbons (Fsp3) is 0.160. The lowest BCUT2D eigenvalue weighted by Crippen LogP contribution is -2.13. The maximum atomic E-state index is 12.5. The van der Waals surface area contributed by atoms with Crippen molar-refractivity contribution in [2.24, 2.45) is 0 Å². The van der Waals surface area contributed by atoms with Crippen molar-refractivity contribution in [2.45, 2.75) is 20.8 Å². The van der Waals surface area contributed by atoms with Crippen LogP contribution in [0.25, 0.3) is 11.8 Å². The van der Waals surface area contributed by atoms with Crippen LogP contribution in [0.3, 0.4) is 0 Å². The Morgan fingerprint density at radius 1 is 1.10 bits per heavy atom. The molecule has 0 aliphatic heterocycles. The van der Waals surface area contributed by atoms with Crippen LogP contribution < -0.4 is 5.32 Å². The first-order valence-corrected chi connectivity index (χ1v) is 9.89. The van der Waals surface area contributed by atoms with Crippen molar-refractivity contribution in [3.05, 3.63) is 88.8 Å². The minimum atomic E-state index is -0.461. The van der Waals surface area contributed by atoms with Gasteiger partial charge < -0.3 is 14.6 Å². The van der Waals surface area contributed by atoms with Crippen LogP contribution in [0.4, 0.5) is 5.69 Å². The van der Waals surface area contributed by atoms with E-state index in [0.29, 0.717) is 17.9 Å². The summed E-state index contributed by atoms with van der Waals surface area (Å²) in [6.07, 6.45) is 1.59. The van der Waals surface area contributed by atoms with Crippen LogP contribution >= 0.6 is 0 Å². The first-order valence-electron chi connectivity index (χ1n) is 9.89. The van der Waals surface area contributed by atoms with Crippen LogP contribution in [0, 0.1) is 25.2 Å². The average Bonchev–Trinajstić information content (AvgIpc) is 3.05. The van der Waals surface area contributed by atoms with Crippen molar-refractivity contribution >= 4 is 23.6 Å². The van der Waals surface area contributed by atoms with Gasteiger partial charge in [0.15, 0.2) is 0 Å². The molecule has 1 aromatic heterocycles. The molecule has 1 N–H and O–H groups in total. The highest BCUT2D eigenvalue weighted by Crippen LogP contribution is 2.23. The predicted octanol–water partition coefficient (Wildman–Crippen LogP) is 4.82. The van der Waals surface area contributed by atoms with E-state index in [1.165, 1.54) is 0 Å². The van der Waals surface area contributed by atoms with E-state index in [1.54, 1.807) is 37.3 Å². The SMILES string of the molecule is CCOC(=O)c1ccc(-n2c(C)cc(/C=C(\C#N)C(=O)Nc3ccccc3)c2C)cc1. The van der Waals surface area contributed by atoms with E-state index in [0.717, 1.165) is 22.6 Å². The first-order chi connectivity index (χ1) is 14.9. The molecule has 0 bridgehead atoms. The van der Waals surface area contributed by atoms with E-state index in [9.17, 15) is 14.9 Å². The van der Waals surface area contributed by atoms with E-state index in [1.807, 2.05) is 60.9 Å². The number of hydrogen-bond donors (Lipinski definition) is 1. The third-order valence-corrected chi connectivity index (χ3v) is 4.80. The molecule has 0 fully saturated rings. The Hall–Kier alpha value is -4.11. The van der Waals surface area contributed by atoms with Crippen LogP contribution in [0.2, 0.25) is 0 Å². The molecule has 156 valence electrons. The number of rotatable bonds is 6. The molecule has 3 rings (SSSR count). The largest absolute Gasteiger partial charge is 0.462 e. The summed E-state index contributed by atoms with van der Waals surface area (Å²) in [6.45, 7) is 5.95. The molecule has 6 heteroatoms. The highest BCUT2D eigenvalue weighted by molar-refractivity contribution is 6.09. The number of carbonyl (C=O) groups excluding carboxylic acids is 2. The summed E-state index contributed by atoms with van der Waals surface area (Å²) < 4.78 is 7.03. The number of esters is 1. The molecular weight excluding hydrogens is 390 g/mol. The van der Waals surface area contributed by atoms with E-state index in [-0.39, 0.29) is 11.5 Å². The molecule has 2 aromatic carbocycles. The van der Waals surface area contributed by atoms with E-state index in [2.05, 4.69) is 5.32 Å². The molecule has 0 saturated heterocycles. The van der Waals surface area contributed by atoms with Gasteiger partial charge >= 0.3 is 5.97 Å². The van der Waals surface area contributed by atoms with Crippen molar-refractivity contribution in [3.63, 3.8) is 0 Å². The standard InChI is InChI=1S/C25H23N3O3/c1-4-31-25(30)19-10-12-23(13-11-19)28-17(2)14-20(18(28)3)15-21(16-26)24(29)27-22-8-6-5-7-9-22/h5-15H,4H2,1-3H3,(H,27,29)/b21-15+. The normalized spacial score (nSPS) is 11.0. The number of nitrogens with one attached hydrogen (secondary N) is 1. The number of nitriles is 1. The third kappa shape index (κ3) is 4.90. The lowest BCUT2D eigenvalue weighted by atomic mass is 10.1. The number of anilines is 1. The Balaban J connectivity index is 1.89. The number of aromatic nitrogens is 1. The summed E-state index contributed by atoms with van der Waals surface area (Å²) >= 11 is 0. The van der Waals surface area contributed by atoms with Crippen LogP contribution in [0.15, 0.2) is 66.2 Å². The molecule has 0 spiro atoms. The molecule has 0 aliphatic rings. The highest BCUT2D eigenvalue weighted by Gasteiger charge is 2.14. The Morgan fingerprint density at radius 2 is 1.77 bits per heavy atom. The molecule has 0 radical (unpaired) electrons.